The van der Waals surface area contributed by atoms with E-state index in [4.69, 9.17) is 4.74 Å². The highest BCUT2D eigenvalue weighted by atomic mass is 16.5. The predicted molar refractivity (Wildman–Crippen MR) is 48.0 cm³/mol. The van der Waals surface area contributed by atoms with E-state index in [0.29, 0.717) is 12.2 Å². The first-order valence-electron chi connectivity index (χ1n) is 3.72. The minimum Gasteiger partial charge on any atom is -0.508 e. The molecule has 0 aliphatic rings. The summed E-state index contributed by atoms with van der Waals surface area (Å²) in [5.74, 6) is 0.937. The molecule has 0 amide bonds. The molecule has 0 aliphatic heterocycles. The number of hydrogen-bond acceptors (Lipinski definition) is 2. The van der Waals surface area contributed by atoms with E-state index in [1.165, 1.54) is 0 Å². The monoisotopic (exact) mass is 164 g/mol. The second kappa shape index (κ2) is 3.81. The van der Waals surface area contributed by atoms with Crippen molar-refractivity contribution >= 4 is 0 Å². The fourth-order valence-electron chi connectivity index (χ4n) is 0.945. The van der Waals surface area contributed by atoms with Gasteiger partial charge in [-0.05, 0) is 6.07 Å². The van der Waals surface area contributed by atoms with Crippen molar-refractivity contribution in [1.82, 2.24) is 0 Å². The van der Waals surface area contributed by atoms with Gasteiger partial charge in [-0.1, -0.05) is 24.8 Å². The zero-order chi connectivity index (χ0) is 8.97. The van der Waals surface area contributed by atoms with Gasteiger partial charge in [0.05, 0.1) is 12.9 Å². The standard InChI is InChI=1S/C10H12O2/c1-8(12-2)7-9-5-3-4-6-10(9)11/h3-6,11H,1,7H2,2H3. The highest BCUT2D eigenvalue weighted by Crippen LogP contribution is 2.18. The highest BCUT2D eigenvalue weighted by Gasteiger charge is 2.00. The van der Waals surface area contributed by atoms with Crippen LogP contribution in [-0.2, 0) is 11.2 Å². The number of aromatic hydroxyl groups is 1. The molecule has 0 radical (unpaired) electrons. The van der Waals surface area contributed by atoms with Crippen LogP contribution in [0.4, 0.5) is 0 Å². The quantitative estimate of drug-likeness (QED) is 0.693. The molecular weight excluding hydrogens is 152 g/mol. The predicted octanol–water partition coefficient (Wildman–Crippen LogP) is 2.09. The molecule has 2 nitrogen and oxygen atoms in total. The molecule has 2 heteroatoms. The Morgan fingerprint density at radius 2 is 2.17 bits per heavy atom. The van der Waals surface area contributed by atoms with Crippen LogP contribution in [0.15, 0.2) is 36.6 Å². The van der Waals surface area contributed by atoms with Crippen LogP contribution in [0.25, 0.3) is 0 Å². The third-order valence-corrected chi connectivity index (χ3v) is 1.67. The molecule has 1 aromatic rings. The van der Waals surface area contributed by atoms with Gasteiger partial charge in [-0.25, -0.2) is 0 Å². The minimum absolute atomic E-state index is 0.288. The Kier molecular flexibility index (Phi) is 2.75. The van der Waals surface area contributed by atoms with Crippen LogP contribution in [0.5, 0.6) is 5.75 Å². The van der Waals surface area contributed by atoms with Crippen LogP contribution in [0.2, 0.25) is 0 Å². The van der Waals surface area contributed by atoms with Gasteiger partial charge in [-0.15, -0.1) is 0 Å². The number of phenolic OH excluding ortho intramolecular Hbond substituents is 1. The minimum atomic E-state index is 0.288. The molecule has 1 rings (SSSR count). The maximum absolute atomic E-state index is 9.36. The summed E-state index contributed by atoms with van der Waals surface area (Å²) < 4.78 is 4.90. The Morgan fingerprint density at radius 1 is 1.50 bits per heavy atom. The molecule has 0 heterocycles. The number of ether oxygens (including phenoxy) is 1. The summed E-state index contributed by atoms with van der Waals surface area (Å²) in [6.07, 6.45) is 0.559. The molecule has 0 fully saturated rings. The molecule has 0 saturated heterocycles. The Labute approximate surface area is 72.1 Å². The Bertz CT molecular complexity index is 279. The van der Waals surface area contributed by atoms with Crippen molar-refractivity contribution < 1.29 is 9.84 Å². The summed E-state index contributed by atoms with van der Waals surface area (Å²) in [6.45, 7) is 3.68. The van der Waals surface area contributed by atoms with E-state index < -0.39 is 0 Å². The highest BCUT2D eigenvalue weighted by molar-refractivity contribution is 5.33. The van der Waals surface area contributed by atoms with Crippen molar-refractivity contribution in [3.8, 4) is 5.75 Å². The number of hydrogen-bond donors (Lipinski definition) is 1. The molecule has 0 unspecified atom stereocenters. The Hall–Kier alpha value is -1.44. The summed E-state index contributed by atoms with van der Waals surface area (Å²) in [7, 11) is 1.57. The first-order valence-corrected chi connectivity index (χ1v) is 3.72. The van der Waals surface area contributed by atoms with E-state index in [2.05, 4.69) is 6.58 Å². The third kappa shape index (κ3) is 2.02. The first-order chi connectivity index (χ1) is 5.74. The van der Waals surface area contributed by atoms with E-state index in [0.717, 1.165) is 5.56 Å². The van der Waals surface area contributed by atoms with Crippen LogP contribution in [0.1, 0.15) is 5.56 Å². The largest absolute Gasteiger partial charge is 0.508 e. The normalized spacial score (nSPS) is 9.42. The third-order valence-electron chi connectivity index (χ3n) is 1.67. The summed E-state index contributed by atoms with van der Waals surface area (Å²) >= 11 is 0. The van der Waals surface area contributed by atoms with Crippen LogP contribution in [0.3, 0.4) is 0 Å². The van der Waals surface area contributed by atoms with Crippen LogP contribution >= 0.6 is 0 Å². The molecule has 0 atom stereocenters. The van der Waals surface area contributed by atoms with Crippen molar-refractivity contribution in [1.29, 1.82) is 0 Å². The summed E-state index contributed by atoms with van der Waals surface area (Å²) in [5, 5.41) is 9.36. The molecule has 64 valence electrons. The molecule has 0 aromatic heterocycles. The zero-order valence-electron chi connectivity index (χ0n) is 7.08. The van der Waals surface area contributed by atoms with Gasteiger partial charge in [0.2, 0.25) is 0 Å². The fraction of sp³-hybridized carbons (Fsp3) is 0.200. The SMILES string of the molecule is C=C(Cc1ccccc1O)OC. The summed E-state index contributed by atoms with van der Waals surface area (Å²) in [4.78, 5) is 0. The van der Waals surface area contributed by atoms with Crippen molar-refractivity contribution in [2.75, 3.05) is 7.11 Å². The lowest BCUT2D eigenvalue weighted by Gasteiger charge is -2.05. The molecule has 1 N–H and O–H groups in total. The Balaban J connectivity index is 2.75. The smallest absolute Gasteiger partial charge is 0.119 e. The van der Waals surface area contributed by atoms with Crippen molar-refractivity contribution in [2.45, 2.75) is 6.42 Å². The first kappa shape index (κ1) is 8.65. The van der Waals surface area contributed by atoms with E-state index in [1.807, 2.05) is 12.1 Å². The van der Waals surface area contributed by atoms with Gasteiger partial charge in [-0.3, -0.25) is 0 Å². The number of phenols is 1. The Morgan fingerprint density at radius 3 is 2.75 bits per heavy atom. The number of rotatable bonds is 3. The number of methoxy groups -OCH3 is 1. The van der Waals surface area contributed by atoms with Gasteiger partial charge in [0, 0.05) is 12.0 Å². The lowest BCUT2D eigenvalue weighted by Crippen LogP contribution is -1.91. The van der Waals surface area contributed by atoms with Gasteiger partial charge in [0.1, 0.15) is 5.75 Å². The van der Waals surface area contributed by atoms with E-state index in [-0.39, 0.29) is 5.75 Å². The second-order valence-corrected chi connectivity index (χ2v) is 2.55. The zero-order valence-corrected chi connectivity index (χ0v) is 7.08. The molecule has 0 bridgehead atoms. The molecule has 0 spiro atoms. The topological polar surface area (TPSA) is 29.5 Å². The number of benzene rings is 1. The van der Waals surface area contributed by atoms with Gasteiger partial charge in [-0.2, -0.15) is 0 Å². The van der Waals surface area contributed by atoms with Crippen LogP contribution in [-0.4, -0.2) is 12.2 Å². The molecule has 1 aromatic carbocycles. The number of para-hydroxylation sites is 1. The fourth-order valence-corrected chi connectivity index (χ4v) is 0.945. The lowest BCUT2D eigenvalue weighted by atomic mass is 10.1. The van der Waals surface area contributed by atoms with E-state index in [1.54, 1.807) is 19.2 Å². The van der Waals surface area contributed by atoms with E-state index >= 15 is 0 Å². The molecular formula is C10H12O2. The molecule has 0 saturated carbocycles. The average Bonchev–Trinajstić information content (AvgIpc) is 2.09. The lowest BCUT2D eigenvalue weighted by molar-refractivity contribution is 0.284. The summed E-state index contributed by atoms with van der Waals surface area (Å²) in [5.41, 5.74) is 0.837. The average molecular weight is 164 g/mol. The van der Waals surface area contributed by atoms with Gasteiger partial charge in [0.15, 0.2) is 0 Å². The van der Waals surface area contributed by atoms with Crippen molar-refractivity contribution in [2.24, 2.45) is 0 Å². The maximum Gasteiger partial charge on any atom is 0.119 e. The molecule has 0 aliphatic carbocycles. The van der Waals surface area contributed by atoms with E-state index in [9.17, 15) is 5.11 Å². The number of allylic oxidation sites excluding steroid dienone is 1. The maximum atomic E-state index is 9.36. The molecule has 12 heavy (non-hydrogen) atoms. The van der Waals surface area contributed by atoms with Crippen molar-refractivity contribution in [3.63, 3.8) is 0 Å². The summed E-state index contributed by atoms with van der Waals surface area (Å²) in [6, 6.07) is 7.16. The van der Waals surface area contributed by atoms with Crippen LogP contribution < -0.4 is 0 Å². The second-order valence-electron chi connectivity index (χ2n) is 2.55. The van der Waals surface area contributed by atoms with Gasteiger partial charge >= 0.3 is 0 Å². The van der Waals surface area contributed by atoms with Crippen molar-refractivity contribution in [3.05, 3.63) is 42.2 Å². The van der Waals surface area contributed by atoms with Gasteiger partial charge in [0.25, 0.3) is 0 Å². The van der Waals surface area contributed by atoms with Gasteiger partial charge < -0.3 is 9.84 Å². The van der Waals surface area contributed by atoms with Crippen LogP contribution in [0, 0.1) is 0 Å².